The summed E-state index contributed by atoms with van der Waals surface area (Å²) in [6, 6.07) is 15.1. The Bertz CT molecular complexity index is 816. The molecule has 3 rings (SSSR count). The summed E-state index contributed by atoms with van der Waals surface area (Å²) < 4.78 is 13.2. The maximum atomic E-state index is 13.2. The molecule has 0 bridgehead atoms. The molecule has 1 unspecified atom stereocenters. The third-order valence-electron chi connectivity index (χ3n) is 5.24. The van der Waals surface area contributed by atoms with Gasteiger partial charge in [-0.15, -0.1) is 0 Å². The van der Waals surface area contributed by atoms with Crippen molar-refractivity contribution in [2.75, 3.05) is 18.4 Å². The number of piperidine rings is 1. The molecular weight excluding hydrogens is 369 g/mol. The van der Waals surface area contributed by atoms with E-state index in [1.807, 2.05) is 44.2 Å². The summed E-state index contributed by atoms with van der Waals surface area (Å²) >= 11 is 0. The van der Waals surface area contributed by atoms with E-state index in [0.29, 0.717) is 18.8 Å². The maximum Gasteiger partial charge on any atom is 0.246 e. The molecule has 154 valence electrons. The van der Waals surface area contributed by atoms with E-state index in [9.17, 15) is 14.0 Å². The van der Waals surface area contributed by atoms with Gasteiger partial charge in [0.15, 0.2) is 0 Å². The number of hydrogen-bond acceptors (Lipinski definition) is 3. The van der Waals surface area contributed by atoms with Crippen LogP contribution in [-0.4, -0.2) is 35.8 Å². The van der Waals surface area contributed by atoms with Crippen LogP contribution in [-0.2, 0) is 9.59 Å². The Morgan fingerprint density at radius 1 is 0.966 bits per heavy atom. The van der Waals surface area contributed by atoms with Crippen molar-refractivity contribution in [3.05, 3.63) is 66.0 Å². The van der Waals surface area contributed by atoms with Crippen molar-refractivity contribution in [3.63, 3.8) is 0 Å². The van der Waals surface area contributed by atoms with Crippen molar-refractivity contribution in [2.24, 2.45) is 5.92 Å². The van der Waals surface area contributed by atoms with Crippen molar-refractivity contribution in [3.8, 4) is 0 Å². The van der Waals surface area contributed by atoms with Gasteiger partial charge in [0.2, 0.25) is 11.8 Å². The Balaban J connectivity index is 1.71. The number of nitrogens with one attached hydrogen (secondary N) is 2. The monoisotopic (exact) mass is 397 g/mol. The molecule has 0 aliphatic carbocycles. The average Bonchev–Trinajstić information content (AvgIpc) is 2.72. The summed E-state index contributed by atoms with van der Waals surface area (Å²) in [5.74, 6) is -0.454. The second-order valence-corrected chi connectivity index (χ2v) is 7.78. The predicted octanol–water partition coefficient (Wildman–Crippen LogP) is 3.74. The number of halogens is 1. The Kier molecular flexibility index (Phi) is 6.99. The number of nitrogens with zero attached hydrogens (tertiary/aromatic N) is 1. The van der Waals surface area contributed by atoms with Gasteiger partial charge in [0.1, 0.15) is 11.9 Å². The van der Waals surface area contributed by atoms with Gasteiger partial charge in [0.25, 0.3) is 0 Å². The number of hydrogen-bond donors (Lipinski definition) is 2. The second-order valence-electron chi connectivity index (χ2n) is 7.78. The van der Waals surface area contributed by atoms with Crippen LogP contribution in [0.25, 0.3) is 0 Å². The Hall–Kier alpha value is -2.73. The predicted molar refractivity (Wildman–Crippen MR) is 112 cm³/mol. The fourth-order valence-electron chi connectivity index (χ4n) is 3.58. The van der Waals surface area contributed by atoms with Crippen LogP contribution in [0.3, 0.4) is 0 Å². The molecule has 0 spiro atoms. The molecule has 0 saturated carbocycles. The SMILES string of the molecule is CC(C)C(=O)NC1CCN(C(C(=O)Nc2ccc(F)cc2)c2ccccc2)CC1. The molecule has 2 aromatic rings. The summed E-state index contributed by atoms with van der Waals surface area (Å²) in [6.45, 7) is 5.18. The lowest BCUT2D eigenvalue weighted by Gasteiger charge is -2.37. The van der Waals surface area contributed by atoms with Crippen LogP contribution >= 0.6 is 0 Å². The lowest BCUT2D eigenvalue weighted by molar-refractivity contribution is -0.126. The molecule has 1 aliphatic rings. The van der Waals surface area contributed by atoms with Gasteiger partial charge in [0, 0.05) is 30.7 Å². The average molecular weight is 397 g/mol. The molecule has 0 radical (unpaired) electrons. The first-order valence-electron chi connectivity index (χ1n) is 10.1. The standard InChI is InChI=1S/C23H28FN3O2/c1-16(2)22(28)25-20-12-14-27(15-13-20)21(17-6-4-3-5-7-17)23(29)26-19-10-8-18(24)9-11-19/h3-11,16,20-21H,12-15H2,1-2H3,(H,25,28)(H,26,29). The number of likely N-dealkylation sites (tertiary alicyclic amines) is 1. The van der Waals surface area contributed by atoms with E-state index in [0.717, 1.165) is 18.4 Å². The van der Waals surface area contributed by atoms with Crippen LogP contribution < -0.4 is 10.6 Å². The summed E-state index contributed by atoms with van der Waals surface area (Å²) in [5.41, 5.74) is 1.48. The van der Waals surface area contributed by atoms with E-state index in [2.05, 4.69) is 15.5 Å². The van der Waals surface area contributed by atoms with Crippen LogP contribution in [0.5, 0.6) is 0 Å². The molecule has 1 saturated heterocycles. The molecule has 0 aromatic heterocycles. The van der Waals surface area contributed by atoms with Crippen molar-refractivity contribution in [1.29, 1.82) is 0 Å². The highest BCUT2D eigenvalue weighted by molar-refractivity contribution is 5.95. The van der Waals surface area contributed by atoms with Crippen LogP contribution in [0.2, 0.25) is 0 Å². The molecular formula is C23H28FN3O2. The van der Waals surface area contributed by atoms with E-state index in [-0.39, 0.29) is 29.6 Å². The highest BCUT2D eigenvalue weighted by Gasteiger charge is 2.31. The molecule has 2 aromatic carbocycles. The second kappa shape index (κ2) is 9.65. The lowest BCUT2D eigenvalue weighted by Crippen LogP contribution is -2.48. The Morgan fingerprint density at radius 3 is 2.17 bits per heavy atom. The summed E-state index contributed by atoms with van der Waals surface area (Å²) in [6.07, 6.45) is 1.59. The van der Waals surface area contributed by atoms with Crippen molar-refractivity contribution < 1.29 is 14.0 Å². The molecule has 1 atom stereocenters. The molecule has 1 aliphatic heterocycles. The largest absolute Gasteiger partial charge is 0.353 e. The number of carbonyl (C=O) groups is 2. The van der Waals surface area contributed by atoms with Crippen LogP contribution in [0.15, 0.2) is 54.6 Å². The van der Waals surface area contributed by atoms with E-state index in [1.54, 1.807) is 12.1 Å². The van der Waals surface area contributed by atoms with E-state index >= 15 is 0 Å². The van der Waals surface area contributed by atoms with Gasteiger partial charge in [-0.25, -0.2) is 4.39 Å². The first-order valence-corrected chi connectivity index (χ1v) is 10.1. The third kappa shape index (κ3) is 5.64. The van der Waals surface area contributed by atoms with Gasteiger partial charge in [-0.2, -0.15) is 0 Å². The minimum Gasteiger partial charge on any atom is -0.353 e. The molecule has 6 heteroatoms. The van der Waals surface area contributed by atoms with E-state index in [4.69, 9.17) is 0 Å². The molecule has 2 amide bonds. The smallest absolute Gasteiger partial charge is 0.246 e. The minimum atomic E-state index is -0.442. The highest BCUT2D eigenvalue weighted by atomic mass is 19.1. The topological polar surface area (TPSA) is 61.4 Å². The van der Waals surface area contributed by atoms with E-state index in [1.165, 1.54) is 12.1 Å². The van der Waals surface area contributed by atoms with Gasteiger partial charge in [-0.1, -0.05) is 44.2 Å². The zero-order valence-corrected chi connectivity index (χ0v) is 16.9. The molecule has 1 fully saturated rings. The van der Waals surface area contributed by atoms with Gasteiger partial charge in [-0.05, 0) is 42.7 Å². The van der Waals surface area contributed by atoms with Gasteiger partial charge in [-0.3, -0.25) is 14.5 Å². The number of benzene rings is 2. The Morgan fingerprint density at radius 2 is 1.59 bits per heavy atom. The zero-order valence-electron chi connectivity index (χ0n) is 16.9. The first-order chi connectivity index (χ1) is 13.9. The normalized spacial score (nSPS) is 16.4. The Labute approximate surface area is 171 Å². The lowest BCUT2D eigenvalue weighted by atomic mass is 9.98. The van der Waals surface area contributed by atoms with Crippen LogP contribution in [0.4, 0.5) is 10.1 Å². The van der Waals surface area contributed by atoms with Crippen LogP contribution in [0.1, 0.15) is 38.3 Å². The molecule has 2 N–H and O–H groups in total. The van der Waals surface area contributed by atoms with Crippen LogP contribution in [0, 0.1) is 11.7 Å². The fourth-order valence-corrected chi connectivity index (χ4v) is 3.58. The number of rotatable bonds is 6. The van der Waals surface area contributed by atoms with Gasteiger partial charge >= 0.3 is 0 Å². The molecule has 29 heavy (non-hydrogen) atoms. The van der Waals surface area contributed by atoms with Gasteiger partial charge < -0.3 is 10.6 Å². The third-order valence-corrected chi connectivity index (χ3v) is 5.24. The minimum absolute atomic E-state index is 0.0356. The summed E-state index contributed by atoms with van der Waals surface area (Å²) in [7, 11) is 0. The maximum absolute atomic E-state index is 13.2. The molecule has 5 nitrogen and oxygen atoms in total. The first kappa shape index (κ1) is 21.0. The van der Waals surface area contributed by atoms with E-state index < -0.39 is 6.04 Å². The van der Waals surface area contributed by atoms with Gasteiger partial charge in [0.05, 0.1) is 0 Å². The highest BCUT2D eigenvalue weighted by Crippen LogP contribution is 2.26. The number of amides is 2. The molecule has 1 heterocycles. The zero-order chi connectivity index (χ0) is 20.8. The fraction of sp³-hybridized carbons (Fsp3) is 0.391. The number of anilines is 1. The van der Waals surface area contributed by atoms with Crippen molar-refractivity contribution in [1.82, 2.24) is 10.2 Å². The summed E-state index contributed by atoms with van der Waals surface area (Å²) in [5, 5.41) is 6.00. The summed E-state index contributed by atoms with van der Waals surface area (Å²) in [4.78, 5) is 27.2. The number of carbonyl (C=O) groups excluding carboxylic acids is 2. The van der Waals surface area contributed by atoms with Crippen molar-refractivity contribution in [2.45, 2.75) is 38.8 Å². The quantitative estimate of drug-likeness (QED) is 0.781. The van der Waals surface area contributed by atoms with Crippen molar-refractivity contribution >= 4 is 17.5 Å².